The number of oxime groups is 1. The Balaban J connectivity index is 4.01. The summed E-state index contributed by atoms with van der Waals surface area (Å²) in [5.41, 5.74) is 5.08. The number of rotatable bonds is 5. The van der Waals surface area contributed by atoms with Crippen LogP contribution in [-0.2, 0) is 4.79 Å². The Morgan fingerprint density at radius 2 is 2.07 bits per heavy atom. The topological polar surface area (TPSA) is 91.0 Å². The van der Waals surface area contributed by atoms with Crippen molar-refractivity contribution in [2.75, 3.05) is 20.6 Å². The first-order valence-corrected chi connectivity index (χ1v) is 4.70. The highest BCUT2D eigenvalue weighted by Crippen LogP contribution is 2.07. The lowest BCUT2D eigenvalue weighted by Crippen LogP contribution is -2.48. The summed E-state index contributed by atoms with van der Waals surface area (Å²) in [6.45, 7) is 4.53. The quantitative estimate of drug-likeness (QED) is 0.252. The van der Waals surface area contributed by atoms with E-state index >= 15 is 0 Å². The smallest absolute Gasteiger partial charge is 0.227 e. The molecule has 6 nitrogen and oxygen atoms in total. The number of hydrogen-bond donors (Lipinski definition) is 3. The van der Waals surface area contributed by atoms with Gasteiger partial charge in [0.05, 0.1) is 6.42 Å². The number of likely N-dealkylation sites (N-methyl/N-ethyl adjacent to an activating group) is 1. The Kier molecular flexibility index (Phi) is 5.07. The third-order valence-corrected chi connectivity index (χ3v) is 2.40. The lowest BCUT2D eigenvalue weighted by Gasteiger charge is -2.32. The number of hydrogen-bond acceptors (Lipinski definition) is 4. The van der Waals surface area contributed by atoms with Crippen LogP contribution in [0.25, 0.3) is 0 Å². The number of amidine groups is 1. The lowest BCUT2D eigenvalue weighted by molar-refractivity contribution is -0.120. The number of carbonyl (C=O) groups is 1. The van der Waals surface area contributed by atoms with E-state index in [1.54, 1.807) is 0 Å². The van der Waals surface area contributed by atoms with Crippen LogP contribution >= 0.6 is 0 Å². The molecule has 0 heterocycles. The van der Waals surface area contributed by atoms with Gasteiger partial charge in [-0.25, -0.2) is 0 Å². The summed E-state index contributed by atoms with van der Waals surface area (Å²) in [7, 11) is 3.88. The molecule has 0 radical (unpaired) electrons. The Morgan fingerprint density at radius 3 is 2.47 bits per heavy atom. The van der Waals surface area contributed by atoms with Gasteiger partial charge in [-0.3, -0.25) is 4.79 Å². The number of nitrogens with zero attached hydrogens (tertiary/aromatic N) is 2. The largest absolute Gasteiger partial charge is 0.409 e. The summed E-state index contributed by atoms with van der Waals surface area (Å²) in [5, 5.41) is 13.7. The first-order valence-electron chi connectivity index (χ1n) is 4.70. The van der Waals surface area contributed by atoms with E-state index in [9.17, 15) is 4.79 Å². The van der Waals surface area contributed by atoms with Crippen molar-refractivity contribution in [3.05, 3.63) is 0 Å². The fourth-order valence-electron chi connectivity index (χ4n) is 0.735. The highest BCUT2D eigenvalue weighted by atomic mass is 16.4. The van der Waals surface area contributed by atoms with Crippen molar-refractivity contribution >= 4 is 11.7 Å². The van der Waals surface area contributed by atoms with Crippen molar-refractivity contribution in [3.8, 4) is 0 Å². The van der Waals surface area contributed by atoms with Crippen molar-refractivity contribution in [3.63, 3.8) is 0 Å². The minimum atomic E-state index is -0.250. The van der Waals surface area contributed by atoms with Gasteiger partial charge in [0, 0.05) is 12.1 Å². The van der Waals surface area contributed by atoms with E-state index in [1.165, 1.54) is 0 Å². The van der Waals surface area contributed by atoms with Gasteiger partial charge in [0.15, 0.2) is 0 Å². The van der Waals surface area contributed by atoms with Gasteiger partial charge in [-0.2, -0.15) is 0 Å². The van der Waals surface area contributed by atoms with Gasteiger partial charge in [0.1, 0.15) is 5.84 Å². The molecule has 0 saturated carbocycles. The maximum atomic E-state index is 11.3. The van der Waals surface area contributed by atoms with E-state index in [1.807, 2.05) is 32.8 Å². The molecule has 4 N–H and O–H groups in total. The fourth-order valence-corrected chi connectivity index (χ4v) is 0.735. The SMILES string of the molecule is CN(C)C(C)(C)CNC(=O)CC(N)=NO. The molecule has 88 valence electrons. The molecule has 1 amide bonds. The highest BCUT2D eigenvalue weighted by molar-refractivity contribution is 5.98. The van der Waals surface area contributed by atoms with E-state index in [4.69, 9.17) is 10.9 Å². The Labute approximate surface area is 90.1 Å². The highest BCUT2D eigenvalue weighted by Gasteiger charge is 2.21. The summed E-state index contributed by atoms with van der Waals surface area (Å²) in [6, 6.07) is 0. The van der Waals surface area contributed by atoms with Crippen LogP contribution in [-0.4, -0.2) is 48.0 Å². The van der Waals surface area contributed by atoms with Crippen molar-refractivity contribution in [1.82, 2.24) is 10.2 Å². The number of amides is 1. The summed E-state index contributed by atoms with van der Waals surface area (Å²) in [5.74, 6) is -0.338. The van der Waals surface area contributed by atoms with Crippen LogP contribution in [0, 0.1) is 0 Å². The number of nitrogens with two attached hydrogens (primary N) is 1. The minimum Gasteiger partial charge on any atom is -0.409 e. The summed E-state index contributed by atoms with van der Waals surface area (Å²) in [6.07, 6.45) is -0.0833. The van der Waals surface area contributed by atoms with Crippen molar-refractivity contribution in [2.24, 2.45) is 10.9 Å². The molecule has 0 spiro atoms. The van der Waals surface area contributed by atoms with Crippen LogP contribution in [0.3, 0.4) is 0 Å². The van der Waals surface area contributed by atoms with Crippen LogP contribution in [0.15, 0.2) is 5.16 Å². The maximum absolute atomic E-state index is 11.3. The normalized spacial score (nSPS) is 13.0. The Hall–Kier alpha value is -1.30. The molecular formula is C9H20N4O2. The first-order chi connectivity index (χ1) is 6.79. The lowest BCUT2D eigenvalue weighted by atomic mass is 10.0. The van der Waals surface area contributed by atoms with Gasteiger partial charge in [0.25, 0.3) is 0 Å². The molecule has 0 aromatic heterocycles. The molecule has 0 atom stereocenters. The molecule has 0 aliphatic carbocycles. The second-order valence-corrected chi connectivity index (χ2v) is 4.25. The number of carbonyl (C=O) groups excluding carboxylic acids is 1. The van der Waals surface area contributed by atoms with E-state index in [2.05, 4.69) is 10.5 Å². The summed E-state index contributed by atoms with van der Waals surface area (Å²) >= 11 is 0. The summed E-state index contributed by atoms with van der Waals surface area (Å²) in [4.78, 5) is 13.3. The molecule has 0 aromatic carbocycles. The zero-order valence-corrected chi connectivity index (χ0v) is 9.74. The van der Waals surface area contributed by atoms with Crippen LogP contribution in [0.5, 0.6) is 0 Å². The zero-order valence-electron chi connectivity index (χ0n) is 9.74. The predicted molar refractivity (Wildman–Crippen MR) is 58.8 cm³/mol. The van der Waals surface area contributed by atoms with E-state index in [0.29, 0.717) is 6.54 Å². The van der Waals surface area contributed by atoms with E-state index < -0.39 is 0 Å². The molecule has 6 heteroatoms. The second kappa shape index (κ2) is 5.55. The molecule has 0 unspecified atom stereocenters. The van der Waals surface area contributed by atoms with Crippen molar-refractivity contribution < 1.29 is 10.0 Å². The minimum absolute atomic E-state index is 0.0833. The summed E-state index contributed by atoms with van der Waals surface area (Å²) < 4.78 is 0. The molecule has 15 heavy (non-hydrogen) atoms. The van der Waals surface area contributed by atoms with E-state index in [-0.39, 0.29) is 23.7 Å². The van der Waals surface area contributed by atoms with Crippen LogP contribution < -0.4 is 11.1 Å². The third-order valence-electron chi connectivity index (χ3n) is 2.40. The Morgan fingerprint density at radius 1 is 1.53 bits per heavy atom. The van der Waals surface area contributed by atoms with Crippen LogP contribution in [0.1, 0.15) is 20.3 Å². The predicted octanol–water partition coefficient (Wildman–Crippen LogP) is -0.421. The maximum Gasteiger partial charge on any atom is 0.227 e. The van der Waals surface area contributed by atoms with Crippen LogP contribution in [0.4, 0.5) is 0 Å². The third kappa shape index (κ3) is 5.21. The van der Waals surface area contributed by atoms with E-state index in [0.717, 1.165) is 0 Å². The average Bonchev–Trinajstić information content (AvgIpc) is 2.14. The van der Waals surface area contributed by atoms with Gasteiger partial charge >= 0.3 is 0 Å². The fraction of sp³-hybridized carbons (Fsp3) is 0.778. The standard InChI is InChI=1S/C9H20N4O2/c1-9(2,13(3)4)6-11-8(14)5-7(10)12-15/h15H,5-6H2,1-4H3,(H2,10,12)(H,11,14). The molecule has 0 aliphatic heterocycles. The molecule has 0 bridgehead atoms. The van der Waals surface area contributed by atoms with Crippen molar-refractivity contribution in [1.29, 1.82) is 0 Å². The van der Waals surface area contributed by atoms with Gasteiger partial charge < -0.3 is 21.2 Å². The van der Waals surface area contributed by atoms with Crippen LogP contribution in [0.2, 0.25) is 0 Å². The molecule has 0 saturated heterocycles. The second-order valence-electron chi connectivity index (χ2n) is 4.25. The van der Waals surface area contributed by atoms with Gasteiger partial charge in [-0.05, 0) is 27.9 Å². The van der Waals surface area contributed by atoms with Gasteiger partial charge in [-0.15, -0.1) is 0 Å². The number of nitrogens with one attached hydrogen (secondary N) is 1. The van der Waals surface area contributed by atoms with Crippen molar-refractivity contribution in [2.45, 2.75) is 25.8 Å². The molecule has 0 rings (SSSR count). The van der Waals surface area contributed by atoms with Gasteiger partial charge in [-0.1, -0.05) is 5.16 Å². The molecule has 0 fully saturated rings. The molecule has 0 aromatic rings. The molecule has 0 aliphatic rings. The average molecular weight is 216 g/mol. The Bertz CT molecular complexity index is 248. The molecular weight excluding hydrogens is 196 g/mol. The zero-order chi connectivity index (χ0) is 12.1. The van der Waals surface area contributed by atoms with Gasteiger partial charge in [0.2, 0.25) is 5.91 Å². The monoisotopic (exact) mass is 216 g/mol. The first kappa shape index (κ1) is 13.7.